The molecule has 0 bridgehead atoms. The van der Waals surface area contributed by atoms with Crippen LogP contribution in [0.25, 0.3) is 0 Å². The van der Waals surface area contributed by atoms with E-state index in [1.165, 1.54) is 9.80 Å². The Morgan fingerprint density at radius 3 is 2.35 bits per heavy atom. The average molecular weight is 431 g/mol. The lowest BCUT2D eigenvalue weighted by atomic mass is 10.1. The summed E-state index contributed by atoms with van der Waals surface area (Å²) in [6.07, 6.45) is 1.92. The molecule has 2 fully saturated rings. The quantitative estimate of drug-likeness (QED) is 0.656. The topological polar surface area (TPSA) is 105 Å². The molecule has 0 aliphatic carbocycles. The zero-order valence-corrected chi connectivity index (χ0v) is 17.7. The van der Waals surface area contributed by atoms with Crippen LogP contribution in [0.3, 0.4) is 0 Å². The first-order chi connectivity index (χ1) is 15.0. The molecule has 1 aromatic rings. The second-order valence-electron chi connectivity index (χ2n) is 7.60. The molecule has 2 saturated heterocycles. The molecule has 168 valence electrons. The average Bonchev–Trinajstić information content (AvgIpc) is 3.46. The van der Waals surface area contributed by atoms with Crippen LogP contribution in [0.15, 0.2) is 30.3 Å². The van der Waals surface area contributed by atoms with E-state index in [2.05, 4.69) is 5.32 Å². The number of ether oxygens (including phenoxy) is 2. The molecule has 9 nitrogen and oxygen atoms in total. The number of hydrogen-bond acceptors (Lipinski definition) is 6. The second-order valence-corrected chi connectivity index (χ2v) is 7.60. The zero-order chi connectivity index (χ0) is 22.2. The third-order valence-corrected chi connectivity index (χ3v) is 5.53. The smallest absolute Gasteiger partial charge is 0.410 e. The van der Waals surface area contributed by atoms with Gasteiger partial charge in [-0.3, -0.25) is 19.3 Å². The standard InChI is InChI=1S/C22H29N3O6/c1-2-30-19(26)14-23-20(27)17-10-6-12-24(17)21(28)18-11-7-13-25(18)22(29)31-15-16-8-4-3-5-9-16/h3-5,8-9,17-18H,2,6-7,10-15H2,1H3,(H,23,27)/t17?,18-/m0/s1. The number of likely N-dealkylation sites (tertiary alicyclic amines) is 2. The van der Waals surface area contributed by atoms with Crippen LogP contribution in [0, 0.1) is 0 Å². The van der Waals surface area contributed by atoms with Crippen molar-refractivity contribution in [2.24, 2.45) is 0 Å². The number of carbonyl (C=O) groups is 4. The second kappa shape index (κ2) is 10.8. The van der Waals surface area contributed by atoms with E-state index in [4.69, 9.17) is 9.47 Å². The monoisotopic (exact) mass is 431 g/mol. The molecular formula is C22H29N3O6. The van der Waals surface area contributed by atoms with Gasteiger partial charge in [0.25, 0.3) is 0 Å². The van der Waals surface area contributed by atoms with Crippen LogP contribution in [0.2, 0.25) is 0 Å². The minimum Gasteiger partial charge on any atom is -0.465 e. The molecule has 3 amide bonds. The molecule has 2 aliphatic rings. The summed E-state index contributed by atoms with van der Waals surface area (Å²) in [6.45, 7) is 2.72. The molecule has 1 N–H and O–H groups in total. The van der Waals surface area contributed by atoms with Crippen molar-refractivity contribution in [3.05, 3.63) is 35.9 Å². The van der Waals surface area contributed by atoms with E-state index >= 15 is 0 Å². The summed E-state index contributed by atoms with van der Waals surface area (Å²) in [5.74, 6) is -1.15. The number of nitrogens with one attached hydrogen (secondary N) is 1. The van der Waals surface area contributed by atoms with Gasteiger partial charge in [-0.2, -0.15) is 0 Å². The Labute approximate surface area is 181 Å². The van der Waals surface area contributed by atoms with Crippen molar-refractivity contribution < 1.29 is 28.7 Å². The predicted octanol–water partition coefficient (Wildman–Crippen LogP) is 1.46. The molecule has 2 atom stereocenters. The normalized spacial score (nSPS) is 20.4. The SMILES string of the molecule is CCOC(=O)CNC(=O)C1CCCN1C(=O)[C@@H]1CCCN1C(=O)OCc1ccccc1. The first kappa shape index (κ1) is 22.6. The predicted molar refractivity (Wildman–Crippen MR) is 111 cm³/mol. The van der Waals surface area contributed by atoms with Crippen molar-refractivity contribution in [1.29, 1.82) is 0 Å². The summed E-state index contributed by atoms with van der Waals surface area (Å²) in [6, 6.07) is 8.06. The summed E-state index contributed by atoms with van der Waals surface area (Å²) < 4.78 is 10.2. The van der Waals surface area contributed by atoms with Crippen molar-refractivity contribution >= 4 is 23.9 Å². The van der Waals surface area contributed by atoms with Crippen molar-refractivity contribution in [3.8, 4) is 0 Å². The Morgan fingerprint density at radius 1 is 0.968 bits per heavy atom. The van der Waals surface area contributed by atoms with Crippen LogP contribution < -0.4 is 5.32 Å². The minimum atomic E-state index is -0.648. The number of rotatable bonds is 7. The van der Waals surface area contributed by atoms with Crippen molar-refractivity contribution in [1.82, 2.24) is 15.1 Å². The van der Waals surface area contributed by atoms with E-state index in [0.29, 0.717) is 38.8 Å². The van der Waals surface area contributed by atoms with Gasteiger partial charge in [0, 0.05) is 13.1 Å². The fraction of sp³-hybridized carbons (Fsp3) is 0.545. The lowest BCUT2D eigenvalue weighted by molar-refractivity contribution is -0.145. The van der Waals surface area contributed by atoms with Crippen LogP contribution in [-0.2, 0) is 30.5 Å². The summed E-state index contributed by atoms with van der Waals surface area (Å²) in [5.41, 5.74) is 0.871. The van der Waals surface area contributed by atoms with Crippen molar-refractivity contribution in [2.75, 3.05) is 26.2 Å². The Morgan fingerprint density at radius 2 is 1.65 bits per heavy atom. The summed E-state index contributed by atoms with van der Waals surface area (Å²) in [5, 5.41) is 2.54. The number of carbonyl (C=O) groups excluding carboxylic acids is 4. The highest BCUT2D eigenvalue weighted by Crippen LogP contribution is 2.25. The van der Waals surface area contributed by atoms with E-state index < -0.39 is 24.1 Å². The maximum atomic E-state index is 13.2. The molecular weight excluding hydrogens is 402 g/mol. The number of nitrogens with zero attached hydrogens (tertiary/aromatic N) is 2. The summed E-state index contributed by atoms with van der Waals surface area (Å²) in [4.78, 5) is 52.8. The van der Waals surface area contributed by atoms with Gasteiger partial charge in [-0.25, -0.2) is 4.79 Å². The molecule has 31 heavy (non-hydrogen) atoms. The van der Waals surface area contributed by atoms with Gasteiger partial charge in [-0.1, -0.05) is 30.3 Å². The van der Waals surface area contributed by atoms with E-state index in [-0.39, 0.29) is 31.6 Å². The highest BCUT2D eigenvalue weighted by Gasteiger charge is 2.42. The van der Waals surface area contributed by atoms with Gasteiger partial charge in [0.05, 0.1) is 6.61 Å². The molecule has 0 radical (unpaired) electrons. The minimum absolute atomic E-state index is 0.139. The third-order valence-electron chi connectivity index (χ3n) is 5.53. The van der Waals surface area contributed by atoms with Gasteiger partial charge in [0.1, 0.15) is 25.2 Å². The highest BCUT2D eigenvalue weighted by molar-refractivity contribution is 5.93. The maximum Gasteiger partial charge on any atom is 0.410 e. The first-order valence-electron chi connectivity index (χ1n) is 10.7. The lowest BCUT2D eigenvalue weighted by Crippen LogP contribution is -2.53. The lowest BCUT2D eigenvalue weighted by Gasteiger charge is -2.30. The number of benzene rings is 1. The van der Waals surface area contributed by atoms with Gasteiger partial charge in [0.15, 0.2) is 0 Å². The Hall–Kier alpha value is -3.10. The van der Waals surface area contributed by atoms with E-state index in [0.717, 1.165) is 5.56 Å². The van der Waals surface area contributed by atoms with Crippen LogP contribution in [0.4, 0.5) is 4.79 Å². The largest absolute Gasteiger partial charge is 0.465 e. The number of esters is 1. The van der Waals surface area contributed by atoms with Gasteiger partial charge in [-0.05, 0) is 38.2 Å². The fourth-order valence-electron chi connectivity index (χ4n) is 4.03. The molecule has 9 heteroatoms. The zero-order valence-electron chi connectivity index (χ0n) is 17.7. The Kier molecular flexibility index (Phi) is 7.86. The van der Waals surface area contributed by atoms with Gasteiger partial charge in [-0.15, -0.1) is 0 Å². The van der Waals surface area contributed by atoms with Crippen molar-refractivity contribution in [3.63, 3.8) is 0 Å². The molecule has 2 heterocycles. The van der Waals surface area contributed by atoms with E-state index in [9.17, 15) is 19.2 Å². The van der Waals surface area contributed by atoms with E-state index in [1.54, 1.807) is 6.92 Å². The van der Waals surface area contributed by atoms with Crippen molar-refractivity contribution in [2.45, 2.75) is 51.3 Å². The Bertz CT molecular complexity index is 800. The van der Waals surface area contributed by atoms with Gasteiger partial charge >= 0.3 is 12.1 Å². The van der Waals surface area contributed by atoms with Crippen LogP contribution in [-0.4, -0.2) is 72.0 Å². The molecule has 3 rings (SSSR count). The van der Waals surface area contributed by atoms with Crippen LogP contribution in [0.5, 0.6) is 0 Å². The first-order valence-corrected chi connectivity index (χ1v) is 10.7. The van der Waals surface area contributed by atoms with Crippen LogP contribution >= 0.6 is 0 Å². The number of hydrogen-bond donors (Lipinski definition) is 1. The van der Waals surface area contributed by atoms with Gasteiger partial charge in [0.2, 0.25) is 11.8 Å². The highest BCUT2D eigenvalue weighted by atomic mass is 16.6. The van der Waals surface area contributed by atoms with Gasteiger partial charge < -0.3 is 19.7 Å². The molecule has 1 aromatic carbocycles. The molecule has 2 aliphatic heterocycles. The molecule has 0 spiro atoms. The Balaban J connectivity index is 1.57. The number of amides is 3. The van der Waals surface area contributed by atoms with E-state index in [1.807, 2.05) is 30.3 Å². The maximum absolute atomic E-state index is 13.2. The fourth-order valence-corrected chi connectivity index (χ4v) is 4.03. The molecule has 1 unspecified atom stereocenters. The third kappa shape index (κ3) is 5.74. The summed E-state index contributed by atoms with van der Waals surface area (Å²) in [7, 11) is 0. The van der Waals surface area contributed by atoms with Crippen LogP contribution in [0.1, 0.15) is 38.2 Å². The summed E-state index contributed by atoms with van der Waals surface area (Å²) >= 11 is 0. The molecule has 0 saturated carbocycles. The molecule has 0 aromatic heterocycles.